The standard InChI is InChI=1S/C16H18O3/c1-2-19-15(18)16-8-12(9-16)13(10-16)14(17)11-6-4-3-5-7-11/h3-7,12-13H,2,8-10H2,1H3. The van der Waals surface area contributed by atoms with E-state index >= 15 is 0 Å². The molecule has 0 amide bonds. The largest absolute Gasteiger partial charge is 0.466 e. The van der Waals surface area contributed by atoms with Crippen LogP contribution in [0.3, 0.4) is 0 Å². The van der Waals surface area contributed by atoms with Gasteiger partial charge in [0.05, 0.1) is 12.0 Å². The molecule has 0 spiro atoms. The molecule has 1 unspecified atom stereocenters. The highest BCUT2D eigenvalue weighted by Gasteiger charge is 2.62. The zero-order valence-corrected chi connectivity index (χ0v) is 11.1. The van der Waals surface area contributed by atoms with E-state index in [2.05, 4.69) is 0 Å². The third kappa shape index (κ3) is 1.88. The highest BCUT2D eigenvalue weighted by molar-refractivity contribution is 5.99. The molecule has 3 heteroatoms. The van der Waals surface area contributed by atoms with E-state index in [-0.39, 0.29) is 23.1 Å². The summed E-state index contributed by atoms with van der Waals surface area (Å²) in [5, 5.41) is 0. The van der Waals surface area contributed by atoms with E-state index in [0.717, 1.165) is 18.4 Å². The van der Waals surface area contributed by atoms with Crippen molar-refractivity contribution in [3.8, 4) is 0 Å². The molecule has 100 valence electrons. The second kappa shape index (κ2) is 4.48. The van der Waals surface area contributed by atoms with Gasteiger partial charge in [0.2, 0.25) is 0 Å². The third-order valence-corrected chi connectivity index (χ3v) is 4.59. The molecular weight excluding hydrogens is 240 g/mol. The Kier molecular flexibility index (Phi) is 2.92. The average Bonchev–Trinajstić information content (AvgIpc) is 2.95. The monoisotopic (exact) mass is 258 g/mol. The highest BCUT2D eigenvalue weighted by atomic mass is 16.5. The molecule has 19 heavy (non-hydrogen) atoms. The summed E-state index contributed by atoms with van der Waals surface area (Å²) in [5.41, 5.74) is 0.412. The number of rotatable bonds is 4. The van der Waals surface area contributed by atoms with E-state index in [4.69, 9.17) is 4.74 Å². The Morgan fingerprint density at radius 1 is 1.21 bits per heavy atom. The SMILES string of the molecule is CCOC(=O)C12CC(C1)C(C(=O)c1ccccc1)C2. The van der Waals surface area contributed by atoms with Crippen LogP contribution >= 0.6 is 0 Å². The minimum Gasteiger partial charge on any atom is -0.466 e. The van der Waals surface area contributed by atoms with Crippen LogP contribution in [0.4, 0.5) is 0 Å². The Morgan fingerprint density at radius 2 is 1.89 bits per heavy atom. The van der Waals surface area contributed by atoms with Gasteiger partial charge in [-0.2, -0.15) is 0 Å². The van der Waals surface area contributed by atoms with Crippen molar-refractivity contribution in [2.24, 2.45) is 17.3 Å². The van der Waals surface area contributed by atoms with Crippen LogP contribution in [0.15, 0.2) is 30.3 Å². The minimum atomic E-state index is -0.351. The number of carbonyl (C=O) groups excluding carboxylic acids is 2. The van der Waals surface area contributed by atoms with Crippen LogP contribution in [0.1, 0.15) is 36.5 Å². The zero-order valence-electron chi connectivity index (χ0n) is 11.1. The smallest absolute Gasteiger partial charge is 0.312 e. The molecule has 0 N–H and O–H groups in total. The lowest BCUT2D eigenvalue weighted by molar-refractivity contribution is -0.159. The molecule has 3 nitrogen and oxygen atoms in total. The molecule has 3 fully saturated rings. The van der Waals surface area contributed by atoms with Crippen LogP contribution in [0.2, 0.25) is 0 Å². The molecule has 2 bridgehead atoms. The fourth-order valence-corrected chi connectivity index (χ4v) is 3.64. The maximum absolute atomic E-state index is 12.5. The van der Waals surface area contributed by atoms with Crippen molar-refractivity contribution in [3.63, 3.8) is 0 Å². The number of carbonyl (C=O) groups is 2. The molecule has 3 aliphatic carbocycles. The number of benzene rings is 1. The Morgan fingerprint density at radius 3 is 2.53 bits per heavy atom. The van der Waals surface area contributed by atoms with Crippen molar-refractivity contribution in [3.05, 3.63) is 35.9 Å². The summed E-state index contributed by atoms with van der Waals surface area (Å²) in [6.07, 6.45) is 2.33. The Balaban J connectivity index is 1.74. The van der Waals surface area contributed by atoms with Crippen molar-refractivity contribution >= 4 is 11.8 Å². The van der Waals surface area contributed by atoms with E-state index in [9.17, 15) is 9.59 Å². The summed E-state index contributed by atoms with van der Waals surface area (Å²) in [5.74, 6) is 0.466. The predicted octanol–water partition coefficient (Wildman–Crippen LogP) is 2.85. The maximum atomic E-state index is 12.5. The van der Waals surface area contributed by atoms with Crippen LogP contribution in [0, 0.1) is 17.3 Å². The molecule has 0 radical (unpaired) electrons. The Bertz CT molecular complexity index is 500. The number of ketones is 1. The van der Waals surface area contributed by atoms with Gasteiger partial charge in [-0.05, 0) is 32.1 Å². The fourth-order valence-electron chi connectivity index (χ4n) is 3.64. The van der Waals surface area contributed by atoms with Gasteiger partial charge in [-0.3, -0.25) is 9.59 Å². The van der Waals surface area contributed by atoms with E-state index < -0.39 is 0 Å². The number of hydrogen-bond acceptors (Lipinski definition) is 3. The van der Waals surface area contributed by atoms with Crippen LogP contribution < -0.4 is 0 Å². The average molecular weight is 258 g/mol. The summed E-state index contributed by atoms with van der Waals surface area (Å²) in [7, 11) is 0. The molecule has 0 saturated heterocycles. The number of fused-ring (bicyclic) bond motifs is 1. The summed E-state index contributed by atoms with van der Waals surface area (Å²) in [4.78, 5) is 24.4. The van der Waals surface area contributed by atoms with Crippen molar-refractivity contribution in [1.29, 1.82) is 0 Å². The summed E-state index contributed by atoms with van der Waals surface area (Å²) >= 11 is 0. The van der Waals surface area contributed by atoms with E-state index in [1.54, 1.807) is 0 Å². The second-order valence-corrected chi connectivity index (χ2v) is 5.71. The molecular formula is C16H18O3. The second-order valence-electron chi connectivity index (χ2n) is 5.71. The number of ether oxygens (including phenoxy) is 1. The lowest BCUT2D eigenvalue weighted by Crippen LogP contribution is -2.37. The number of hydrogen-bond donors (Lipinski definition) is 0. The van der Waals surface area contributed by atoms with Crippen molar-refractivity contribution in [2.45, 2.75) is 26.2 Å². The molecule has 0 aromatic heterocycles. The topological polar surface area (TPSA) is 43.4 Å². The maximum Gasteiger partial charge on any atom is 0.312 e. The van der Waals surface area contributed by atoms with Crippen LogP contribution in [-0.2, 0) is 9.53 Å². The normalized spacial score (nSPS) is 31.6. The summed E-state index contributed by atoms with van der Waals surface area (Å²) in [6, 6.07) is 9.39. The van der Waals surface area contributed by atoms with Gasteiger partial charge in [-0.25, -0.2) is 0 Å². The van der Waals surface area contributed by atoms with E-state index in [0.29, 0.717) is 18.9 Å². The quantitative estimate of drug-likeness (QED) is 0.616. The first-order valence-corrected chi connectivity index (χ1v) is 6.93. The van der Waals surface area contributed by atoms with Gasteiger partial charge >= 0.3 is 5.97 Å². The lowest BCUT2D eigenvalue weighted by Gasteiger charge is -2.35. The predicted molar refractivity (Wildman–Crippen MR) is 70.7 cm³/mol. The molecule has 1 atom stereocenters. The molecule has 1 aromatic rings. The van der Waals surface area contributed by atoms with Gasteiger partial charge in [0.1, 0.15) is 0 Å². The van der Waals surface area contributed by atoms with Gasteiger partial charge in [-0.15, -0.1) is 0 Å². The van der Waals surface area contributed by atoms with Gasteiger partial charge in [-0.1, -0.05) is 30.3 Å². The first-order valence-electron chi connectivity index (χ1n) is 6.93. The molecule has 4 rings (SSSR count). The van der Waals surface area contributed by atoms with Crippen LogP contribution in [-0.4, -0.2) is 18.4 Å². The summed E-state index contributed by atoms with van der Waals surface area (Å²) < 4.78 is 5.15. The summed E-state index contributed by atoms with van der Waals surface area (Å²) in [6.45, 7) is 2.24. The lowest BCUT2D eigenvalue weighted by atomic mass is 9.69. The highest BCUT2D eigenvalue weighted by Crippen LogP contribution is 2.62. The number of esters is 1. The van der Waals surface area contributed by atoms with Crippen LogP contribution in [0.5, 0.6) is 0 Å². The van der Waals surface area contributed by atoms with Crippen molar-refractivity contribution < 1.29 is 14.3 Å². The van der Waals surface area contributed by atoms with Gasteiger partial charge in [0.25, 0.3) is 0 Å². The number of Topliss-reactive ketones (excluding diaryl/α,β-unsaturated/α-hetero) is 1. The van der Waals surface area contributed by atoms with E-state index in [1.807, 2.05) is 37.3 Å². The van der Waals surface area contributed by atoms with Crippen LogP contribution in [0.25, 0.3) is 0 Å². The third-order valence-electron chi connectivity index (χ3n) is 4.59. The van der Waals surface area contributed by atoms with Gasteiger partial charge in [0, 0.05) is 11.5 Å². The first kappa shape index (κ1) is 12.4. The van der Waals surface area contributed by atoms with Gasteiger partial charge in [0.15, 0.2) is 5.78 Å². The van der Waals surface area contributed by atoms with Gasteiger partial charge < -0.3 is 4.74 Å². The van der Waals surface area contributed by atoms with Crippen molar-refractivity contribution in [1.82, 2.24) is 0 Å². The fraction of sp³-hybridized carbons (Fsp3) is 0.500. The molecule has 3 saturated carbocycles. The minimum absolute atomic E-state index is 0.00630. The zero-order chi connectivity index (χ0) is 13.5. The van der Waals surface area contributed by atoms with E-state index in [1.165, 1.54) is 0 Å². The molecule has 0 aliphatic heterocycles. The Labute approximate surface area is 113 Å². The first-order chi connectivity index (χ1) is 9.16. The Hall–Kier alpha value is -1.64. The molecule has 1 aromatic carbocycles. The van der Waals surface area contributed by atoms with Crippen molar-refractivity contribution in [2.75, 3.05) is 6.61 Å². The molecule has 0 heterocycles. The molecule has 3 aliphatic rings.